The number of aliphatic hydroxyl groups is 1. The van der Waals surface area contributed by atoms with Crippen LogP contribution in [0.15, 0.2) is 35.3 Å². The molecule has 0 spiro atoms. The SMILES string of the molecule is C[C@H]1CN(C(=O)CCC2(c3cocn3)NC(O)NC2=O)CCN1c1cc(F)cc(F)c1. The lowest BCUT2D eigenvalue weighted by atomic mass is 9.90. The topological polar surface area (TPSA) is 111 Å². The quantitative estimate of drug-likeness (QED) is 0.633. The van der Waals surface area contributed by atoms with E-state index in [0.717, 1.165) is 6.07 Å². The summed E-state index contributed by atoms with van der Waals surface area (Å²) in [6.07, 6.45) is 1.32. The van der Waals surface area contributed by atoms with Crippen LogP contribution in [0.3, 0.4) is 0 Å². The maximum absolute atomic E-state index is 13.6. The molecule has 3 atom stereocenters. The Kier molecular flexibility index (Phi) is 5.63. The Balaban J connectivity index is 1.41. The summed E-state index contributed by atoms with van der Waals surface area (Å²) in [6.45, 7) is 3.04. The molecule has 2 aliphatic heterocycles. The van der Waals surface area contributed by atoms with Gasteiger partial charge in [0.05, 0.1) is 0 Å². The average Bonchev–Trinajstić information content (AvgIpc) is 3.33. The van der Waals surface area contributed by atoms with Crippen molar-refractivity contribution in [2.24, 2.45) is 0 Å². The third-order valence-electron chi connectivity index (χ3n) is 5.78. The molecule has 3 heterocycles. The Morgan fingerprint density at radius 3 is 2.65 bits per heavy atom. The number of piperazine rings is 1. The fraction of sp³-hybridized carbons (Fsp3) is 0.450. The van der Waals surface area contributed by atoms with Crippen molar-refractivity contribution in [3.05, 3.63) is 48.2 Å². The molecule has 31 heavy (non-hydrogen) atoms. The summed E-state index contributed by atoms with van der Waals surface area (Å²) >= 11 is 0. The number of hydrogen-bond donors (Lipinski definition) is 3. The Morgan fingerprint density at radius 1 is 1.32 bits per heavy atom. The molecule has 2 amide bonds. The van der Waals surface area contributed by atoms with E-state index in [-0.39, 0.29) is 30.5 Å². The smallest absolute Gasteiger partial charge is 0.249 e. The first-order valence-corrected chi connectivity index (χ1v) is 9.94. The summed E-state index contributed by atoms with van der Waals surface area (Å²) in [5, 5.41) is 14.9. The van der Waals surface area contributed by atoms with Crippen molar-refractivity contribution in [1.29, 1.82) is 0 Å². The van der Waals surface area contributed by atoms with Crippen molar-refractivity contribution in [3.8, 4) is 0 Å². The van der Waals surface area contributed by atoms with Crippen LogP contribution in [0.4, 0.5) is 14.5 Å². The van der Waals surface area contributed by atoms with Crippen molar-refractivity contribution in [2.45, 2.75) is 37.7 Å². The number of carbonyl (C=O) groups excluding carboxylic acids is 2. The van der Waals surface area contributed by atoms with Gasteiger partial charge >= 0.3 is 0 Å². The molecule has 0 saturated carbocycles. The molecule has 2 unspecified atom stereocenters. The number of nitrogens with one attached hydrogen (secondary N) is 2. The van der Waals surface area contributed by atoms with E-state index in [1.807, 2.05) is 11.8 Å². The zero-order valence-electron chi connectivity index (χ0n) is 16.8. The number of rotatable bonds is 5. The summed E-state index contributed by atoms with van der Waals surface area (Å²) in [4.78, 5) is 32.9. The van der Waals surface area contributed by atoms with Crippen molar-refractivity contribution in [3.63, 3.8) is 0 Å². The van der Waals surface area contributed by atoms with E-state index in [2.05, 4.69) is 15.6 Å². The van der Waals surface area contributed by atoms with Crippen LogP contribution in [0, 0.1) is 11.6 Å². The fourth-order valence-electron chi connectivity index (χ4n) is 4.24. The minimum atomic E-state index is -1.37. The lowest BCUT2D eigenvalue weighted by Crippen LogP contribution is -2.54. The summed E-state index contributed by atoms with van der Waals surface area (Å²) < 4.78 is 32.1. The van der Waals surface area contributed by atoms with Crippen molar-refractivity contribution >= 4 is 17.5 Å². The number of carbonyl (C=O) groups is 2. The van der Waals surface area contributed by atoms with Crippen LogP contribution < -0.4 is 15.5 Å². The number of anilines is 1. The number of hydrogen-bond acceptors (Lipinski definition) is 7. The molecule has 2 fully saturated rings. The number of aromatic nitrogens is 1. The van der Waals surface area contributed by atoms with Crippen LogP contribution >= 0.6 is 0 Å². The van der Waals surface area contributed by atoms with Gasteiger partial charge in [0, 0.05) is 43.9 Å². The summed E-state index contributed by atoms with van der Waals surface area (Å²) in [6, 6.07) is 3.21. The van der Waals surface area contributed by atoms with E-state index < -0.39 is 29.4 Å². The van der Waals surface area contributed by atoms with Gasteiger partial charge in [-0.05, 0) is 25.5 Å². The van der Waals surface area contributed by atoms with E-state index in [1.54, 1.807) is 4.90 Å². The molecule has 11 heteroatoms. The normalized spacial score (nSPS) is 26.3. The molecule has 2 aromatic rings. The average molecular weight is 435 g/mol. The number of halogens is 2. The second-order valence-corrected chi connectivity index (χ2v) is 7.81. The number of oxazole rings is 1. The minimum absolute atomic E-state index is 0.0291. The molecular formula is C20H23F2N5O4. The van der Waals surface area contributed by atoms with Crippen molar-refractivity contribution in [1.82, 2.24) is 20.5 Å². The number of aliphatic hydroxyl groups excluding tert-OH is 1. The van der Waals surface area contributed by atoms with Crippen LogP contribution in [0.25, 0.3) is 0 Å². The number of benzene rings is 1. The molecule has 3 N–H and O–H groups in total. The van der Waals surface area contributed by atoms with E-state index >= 15 is 0 Å². The maximum Gasteiger partial charge on any atom is 0.249 e. The monoisotopic (exact) mass is 435 g/mol. The highest BCUT2D eigenvalue weighted by Gasteiger charge is 2.49. The van der Waals surface area contributed by atoms with E-state index in [4.69, 9.17) is 4.42 Å². The molecule has 0 aliphatic carbocycles. The zero-order valence-corrected chi connectivity index (χ0v) is 16.8. The van der Waals surface area contributed by atoms with Crippen LogP contribution in [0.1, 0.15) is 25.5 Å². The van der Waals surface area contributed by atoms with E-state index in [1.165, 1.54) is 24.8 Å². The number of amides is 2. The van der Waals surface area contributed by atoms with Crippen molar-refractivity contribution < 1.29 is 27.9 Å². The summed E-state index contributed by atoms with van der Waals surface area (Å²) in [5.41, 5.74) is -0.655. The highest BCUT2D eigenvalue weighted by Crippen LogP contribution is 2.30. The second-order valence-electron chi connectivity index (χ2n) is 7.81. The Hall–Kier alpha value is -3.05. The van der Waals surface area contributed by atoms with Gasteiger partial charge in [0.25, 0.3) is 0 Å². The molecule has 2 saturated heterocycles. The van der Waals surface area contributed by atoms with Crippen LogP contribution in [-0.2, 0) is 15.1 Å². The molecule has 166 valence electrons. The van der Waals surface area contributed by atoms with Crippen LogP contribution in [0.5, 0.6) is 0 Å². The first-order chi connectivity index (χ1) is 14.8. The predicted molar refractivity (Wildman–Crippen MR) is 104 cm³/mol. The zero-order chi connectivity index (χ0) is 22.2. The Morgan fingerprint density at radius 2 is 2.06 bits per heavy atom. The first kappa shape index (κ1) is 21.2. The summed E-state index contributed by atoms with van der Waals surface area (Å²) in [7, 11) is 0. The first-order valence-electron chi connectivity index (χ1n) is 9.94. The van der Waals surface area contributed by atoms with Crippen LogP contribution in [-0.4, -0.2) is 58.8 Å². The summed E-state index contributed by atoms with van der Waals surface area (Å²) in [5.74, 6) is -1.96. The van der Waals surface area contributed by atoms with Gasteiger partial charge in [-0.15, -0.1) is 0 Å². The lowest BCUT2D eigenvalue weighted by Gasteiger charge is -2.41. The predicted octanol–water partition coefficient (Wildman–Crippen LogP) is 0.661. The molecule has 9 nitrogen and oxygen atoms in total. The molecule has 4 rings (SSSR count). The maximum atomic E-state index is 13.6. The second kappa shape index (κ2) is 8.23. The third-order valence-corrected chi connectivity index (χ3v) is 5.78. The molecule has 1 aromatic carbocycles. The fourth-order valence-corrected chi connectivity index (χ4v) is 4.24. The largest absolute Gasteiger partial charge is 0.451 e. The van der Waals surface area contributed by atoms with Gasteiger partial charge in [0.1, 0.15) is 29.1 Å². The molecule has 2 aliphatic rings. The van der Waals surface area contributed by atoms with Gasteiger partial charge in [-0.1, -0.05) is 0 Å². The van der Waals surface area contributed by atoms with Gasteiger partial charge in [-0.3, -0.25) is 14.9 Å². The third kappa shape index (κ3) is 4.10. The highest BCUT2D eigenvalue weighted by atomic mass is 19.1. The van der Waals surface area contributed by atoms with Gasteiger partial charge < -0.3 is 24.6 Å². The van der Waals surface area contributed by atoms with Gasteiger partial charge in [-0.2, -0.15) is 0 Å². The van der Waals surface area contributed by atoms with E-state index in [0.29, 0.717) is 25.3 Å². The molecular weight excluding hydrogens is 412 g/mol. The molecule has 0 bridgehead atoms. The van der Waals surface area contributed by atoms with Gasteiger partial charge in [0.15, 0.2) is 12.7 Å². The Labute approximate surface area is 177 Å². The standard InChI is InChI=1S/C20H23F2N5O4/c1-12-9-26(4-5-27(12)15-7-13(21)6-14(22)8-15)17(28)2-3-20(16-10-31-11-23-16)18(29)24-19(30)25-20/h6-8,10-12,19,25,30H,2-5,9H2,1H3,(H,24,29)/t12-,19?,20?/m0/s1. The molecule has 1 aromatic heterocycles. The van der Waals surface area contributed by atoms with E-state index in [9.17, 15) is 23.5 Å². The Bertz CT molecular complexity index is 952. The van der Waals surface area contributed by atoms with Crippen molar-refractivity contribution in [2.75, 3.05) is 24.5 Å². The molecule has 0 radical (unpaired) electrons. The minimum Gasteiger partial charge on any atom is -0.451 e. The van der Waals surface area contributed by atoms with Crippen LogP contribution in [0.2, 0.25) is 0 Å². The van der Waals surface area contributed by atoms with Gasteiger partial charge in [0.2, 0.25) is 11.8 Å². The number of nitrogens with zero attached hydrogens (tertiary/aromatic N) is 3. The lowest BCUT2D eigenvalue weighted by molar-refractivity contribution is -0.133. The van der Waals surface area contributed by atoms with Gasteiger partial charge in [-0.25, -0.2) is 13.8 Å². The highest BCUT2D eigenvalue weighted by molar-refractivity contribution is 5.90.